The Bertz CT molecular complexity index is 625. The molecule has 0 saturated heterocycles. The summed E-state index contributed by atoms with van der Waals surface area (Å²) < 4.78 is 10.5. The van der Waals surface area contributed by atoms with Crippen molar-refractivity contribution >= 4 is 23.2 Å². The third-order valence-corrected chi connectivity index (χ3v) is 3.70. The number of nitrogens with one attached hydrogen (secondary N) is 1. The highest BCUT2D eigenvalue weighted by Crippen LogP contribution is 2.15. The van der Waals surface area contributed by atoms with E-state index in [-0.39, 0.29) is 25.7 Å². The Kier molecular flexibility index (Phi) is 5.97. The summed E-state index contributed by atoms with van der Waals surface area (Å²) in [7, 11) is 0. The Labute approximate surface area is 132 Å². The molecule has 2 rings (SSSR count). The number of hydrogen-bond acceptors (Lipinski definition) is 5. The third kappa shape index (κ3) is 4.89. The molecular formula is C16H17NO4S. The molecule has 0 aliphatic rings. The molecule has 116 valence electrons. The molecule has 0 unspecified atom stereocenters. The van der Waals surface area contributed by atoms with E-state index in [4.69, 9.17) is 9.47 Å². The largest absolute Gasteiger partial charge is 0.490 e. The molecule has 1 aromatic carbocycles. The summed E-state index contributed by atoms with van der Waals surface area (Å²) in [6.07, 6.45) is 0. The van der Waals surface area contributed by atoms with E-state index >= 15 is 0 Å². The Balaban J connectivity index is 1.62. The second-order valence-corrected chi connectivity index (χ2v) is 5.44. The van der Waals surface area contributed by atoms with Gasteiger partial charge in [-0.2, -0.15) is 0 Å². The highest BCUT2D eigenvalue weighted by molar-refractivity contribution is 7.12. The van der Waals surface area contributed by atoms with Crippen LogP contribution in [0.1, 0.15) is 15.2 Å². The Hall–Kier alpha value is -2.34. The molecule has 0 saturated carbocycles. The van der Waals surface area contributed by atoms with Gasteiger partial charge in [-0.3, -0.25) is 9.59 Å². The number of amides is 1. The van der Waals surface area contributed by atoms with Crippen LogP contribution in [-0.4, -0.2) is 31.6 Å². The second-order valence-electron chi connectivity index (χ2n) is 4.49. The number of thiophene rings is 1. The fourth-order valence-electron chi connectivity index (χ4n) is 1.72. The number of carbonyl (C=O) groups excluding carboxylic acids is 2. The van der Waals surface area contributed by atoms with Crippen molar-refractivity contribution in [2.24, 2.45) is 0 Å². The number of rotatable bonds is 7. The normalized spacial score (nSPS) is 10.0. The van der Waals surface area contributed by atoms with E-state index in [1.54, 1.807) is 17.5 Å². The Morgan fingerprint density at radius 2 is 1.95 bits per heavy atom. The van der Waals surface area contributed by atoms with Gasteiger partial charge in [0, 0.05) is 0 Å². The van der Waals surface area contributed by atoms with Gasteiger partial charge in [-0.1, -0.05) is 24.3 Å². The summed E-state index contributed by atoms with van der Waals surface area (Å²) >= 11 is 1.32. The number of hydrogen-bond donors (Lipinski definition) is 1. The monoisotopic (exact) mass is 319 g/mol. The lowest BCUT2D eigenvalue weighted by Crippen LogP contribution is -2.30. The van der Waals surface area contributed by atoms with Crippen molar-refractivity contribution in [2.45, 2.75) is 6.92 Å². The quantitative estimate of drug-likeness (QED) is 0.629. The summed E-state index contributed by atoms with van der Waals surface area (Å²) in [5, 5.41) is 4.31. The van der Waals surface area contributed by atoms with Gasteiger partial charge < -0.3 is 14.8 Å². The van der Waals surface area contributed by atoms with Gasteiger partial charge in [0.1, 0.15) is 25.5 Å². The van der Waals surface area contributed by atoms with Gasteiger partial charge >= 0.3 is 5.97 Å². The van der Waals surface area contributed by atoms with Gasteiger partial charge in [0.15, 0.2) is 0 Å². The first-order valence-electron chi connectivity index (χ1n) is 6.82. The molecule has 0 atom stereocenters. The molecule has 2 aromatic rings. The lowest BCUT2D eigenvalue weighted by atomic mass is 10.2. The van der Waals surface area contributed by atoms with Crippen molar-refractivity contribution in [3.63, 3.8) is 0 Å². The van der Waals surface area contributed by atoms with Gasteiger partial charge in [-0.15, -0.1) is 11.3 Å². The van der Waals surface area contributed by atoms with E-state index < -0.39 is 5.97 Å². The van der Waals surface area contributed by atoms with Gasteiger partial charge in [0.05, 0.1) is 4.88 Å². The smallest absolute Gasteiger partial charge is 0.325 e. The summed E-state index contributed by atoms with van der Waals surface area (Å²) in [5.74, 6) is 0.00551. The van der Waals surface area contributed by atoms with Crippen LogP contribution in [0.25, 0.3) is 0 Å². The number of para-hydroxylation sites is 1. The molecule has 0 bridgehead atoms. The molecule has 1 aromatic heterocycles. The summed E-state index contributed by atoms with van der Waals surface area (Å²) in [6, 6.07) is 11.1. The zero-order valence-electron chi connectivity index (χ0n) is 12.2. The summed E-state index contributed by atoms with van der Waals surface area (Å²) in [5.41, 5.74) is 1.03. The standard InChI is InChI=1S/C16H17NO4S/c1-12-5-2-3-6-13(12)20-8-9-21-15(18)11-17-16(19)14-7-4-10-22-14/h2-7,10H,8-9,11H2,1H3,(H,17,19). The van der Waals surface area contributed by atoms with Crippen LogP contribution < -0.4 is 10.1 Å². The van der Waals surface area contributed by atoms with E-state index in [0.717, 1.165) is 11.3 Å². The minimum absolute atomic E-state index is 0.141. The maximum absolute atomic E-state index is 11.6. The predicted molar refractivity (Wildman–Crippen MR) is 84.3 cm³/mol. The minimum Gasteiger partial charge on any atom is -0.490 e. The van der Waals surface area contributed by atoms with Crippen LogP contribution in [0.5, 0.6) is 5.75 Å². The van der Waals surface area contributed by atoms with Gasteiger partial charge in [0.2, 0.25) is 0 Å². The zero-order chi connectivity index (χ0) is 15.8. The first-order valence-corrected chi connectivity index (χ1v) is 7.70. The molecule has 0 aliphatic carbocycles. The van der Waals surface area contributed by atoms with Crippen LogP contribution in [-0.2, 0) is 9.53 Å². The van der Waals surface area contributed by atoms with Crippen molar-refractivity contribution in [3.05, 3.63) is 52.2 Å². The number of carbonyl (C=O) groups is 2. The molecule has 0 aliphatic heterocycles. The number of ether oxygens (including phenoxy) is 2. The van der Waals surface area contributed by atoms with Crippen molar-refractivity contribution in [3.8, 4) is 5.75 Å². The van der Waals surface area contributed by atoms with Crippen LogP contribution in [0.3, 0.4) is 0 Å². The van der Waals surface area contributed by atoms with Gasteiger partial charge in [-0.05, 0) is 30.0 Å². The summed E-state index contributed by atoms with van der Waals surface area (Å²) in [6.45, 7) is 2.21. The minimum atomic E-state index is -0.488. The molecule has 22 heavy (non-hydrogen) atoms. The first-order chi connectivity index (χ1) is 10.7. The van der Waals surface area contributed by atoms with Crippen LogP contribution >= 0.6 is 11.3 Å². The number of aryl methyl sites for hydroxylation is 1. The second kappa shape index (κ2) is 8.19. The first kappa shape index (κ1) is 16.0. The van der Waals surface area contributed by atoms with E-state index in [1.165, 1.54) is 11.3 Å². The lowest BCUT2D eigenvalue weighted by molar-refractivity contribution is -0.143. The summed E-state index contributed by atoms with van der Waals surface area (Å²) in [4.78, 5) is 23.7. The fraction of sp³-hybridized carbons (Fsp3) is 0.250. The van der Waals surface area contributed by atoms with Crippen molar-refractivity contribution < 1.29 is 19.1 Å². The van der Waals surface area contributed by atoms with E-state index in [1.807, 2.05) is 31.2 Å². The average Bonchev–Trinajstić information content (AvgIpc) is 3.05. The Morgan fingerprint density at radius 3 is 2.68 bits per heavy atom. The fourth-order valence-corrected chi connectivity index (χ4v) is 2.36. The molecule has 6 heteroatoms. The van der Waals surface area contributed by atoms with E-state index in [0.29, 0.717) is 4.88 Å². The highest BCUT2D eigenvalue weighted by atomic mass is 32.1. The van der Waals surface area contributed by atoms with Crippen LogP contribution in [0.15, 0.2) is 41.8 Å². The van der Waals surface area contributed by atoms with Crippen molar-refractivity contribution in [1.29, 1.82) is 0 Å². The van der Waals surface area contributed by atoms with Gasteiger partial charge in [0.25, 0.3) is 5.91 Å². The number of esters is 1. The van der Waals surface area contributed by atoms with Gasteiger partial charge in [-0.25, -0.2) is 0 Å². The van der Waals surface area contributed by atoms with Crippen LogP contribution in [0.4, 0.5) is 0 Å². The predicted octanol–water partition coefficient (Wildman–Crippen LogP) is 2.41. The average molecular weight is 319 g/mol. The van der Waals surface area contributed by atoms with E-state index in [2.05, 4.69) is 5.32 Å². The molecule has 1 N–H and O–H groups in total. The Morgan fingerprint density at radius 1 is 1.14 bits per heavy atom. The maximum atomic E-state index is 11.6. The SMILES string of the molecule is Cc1ccccc1OCCOC(=O)CNC(=O)c1cccs1. The van der Waals surface area contributed by atoms with Crippen molar-refractivity contribution in [1.82, 2.24) is 5.32 Å². The zero-order valence-corrected chi connectivity index (χ0v) is 13.0. The molecule has 0 radical (unpaired) electrons. The van der Waals surface area contributed by atoms with Crippen LogP contribution in [0.2, 0.25) is 0 Å². The van der Waals surface area contributed by atoms with Crippen LogP contribution in [0, 0.1) is 6.92 Å². The molecule has 1 amide bonds. The molecular weight excluding hydrogens is 302 g/mol. The highest BCUT2D eigenvalue weighted by Gasteiger charge is 2.09. The maximum Gasteiger partial charge on any atom is 0.325 e. The molecule has 1 heterocycles. The topological polar surface area (TPSA) is 64.6 Å². The number of benzene rings is 1. The van der Waals surface area contributed by atoms with Crippen molar-refractivity contribution in [2.75, 3.05) is 19.8 Å². The molecule has 0 spiro atoms. The van der Waals surface area contributed by atoms with E-state index in [9.17, 15) is 9.59 Å². The third-order valence-electron chi connectivity index (χ3n) is 2.84. The molecule has 5 nitrogen and oxygen atoms in total. The lowest BCUT2D eigenvalue weighted by Gasteiger charge is -2.09. The molecule has 0 fully saturated rings.